The number of anilines is 1. The van der Waals surface area contributed by atoms with Crippen LogP contribution in [0, 0.1) is 0 Å². The van der Waals surface area contributed by atoms with Crippen LogP contribution >= 0.6 is 34.5 Å². The van der Waals surface area contributed by atoms with Crippen molar-refractivity contribution >= 4 is 52.2 Å². The highest BCUT2D eigenvalue weighted by Crippen LogP contribution is 2.37. The highest BCUT2D eigenvalue weighted by molar-refractivity contribution is 7.18. The Labute approximate surface area is 168 Å². The molecule has 3 rings (SSSR count). The fourth-order valence-electron chi connectivity index (χ4n) is 2.29. The van der Waals surface area contributed by atoms with E-state index >= 15 is 0 Å². The number of benzene rings is 1. The first-order valence-corrected chi connectivity index (χ1v) is 9.27. The van der Waals surface area contributed by atoms with Crippen molar-refractivity contribution in [3.05, 3.63) is 69.3 Å². The van der Waals surface area contributed by atoms with Gasteiger partial charge in [0.05, 0.1) is 15.7 Å². The summed E-state index contributed by atoms with van der Waals surface area (Å²) < 4.78 is 0. The largest absolute Gasteiger partial charge is 0.477 e. The van der Waals surface area contributed by atoms with E-state index in [0.717, 1.165) is 16.9 Å². The second kappa shape index (κ2) is 8.39. The van der Waals surface area contributed by atoms with Gasteiger partial charge in [0.1, 0.15) is 4.88 Å². The van der Waals surface area contributed by atoms with Crippen molar-refractivity contribution in [1.29, 1.82) is 0 Å². The van der Waals surface area contributed by atoms with Gasteiger partial charge in [0.15, 0.2) is 0 Å². The van der Waals surface area contributed by atoms with Crippen molar-refractivity contribution in [1.82, 2.24) is 10.3 Å². The van der Waals surface area contributed by atoms with Crippen LogP contribution in [0.1, 0.15) is 15.2 Å². The number of pyridine rings is 1. The Morgan fingerprint density at radius 3 is 2.63 bits per heavy atom. The number of rotatable bonds is 5. The number of nitrogens with zero attached hydrogens (tertiary/aromatic N) is 1. The van der Waals surface area contributed by atoms with Gasteiger partial charge in [-0.2, -0.15) is 0 Å². The third kappa shape index (κ3) is 4.77. The predicted molar refractivity (Wildman–Crippen MR) is 107 cm³/mol. The van der Waals surface area contributed by atoms with Crippen LogP contribution in [0.15, 0.2) is 48.8 Å². The van der Waals surface area contributed by atoms with Crippen LogP contribution in [0.5, 0.6) is 0 Å². The molecular weight excluding hydrogens is 409 g/mol. The van der Waals surface area contributed by atoms with Crippen LogP contribution in [-0.4, -0.2) is 22.1 Å². The zero-order valence-electron chi connectivity index (χ0n) is 13.7. The number of carbonyl (C=O) groups excluding carboxylic acids is 1. The summed E-state index contributed by atoms with van der Waals surface area (Å²) in [6.45, 7) is 0.270. The predicted octanol–water partition coefficient (Wildman–Crippen LogP) is 5.14. The number of hydrogen-bond acceptors (Lipinski definition) is 4. The minimum absolute atomic E-state index is 0.0209. The van der Waals surface area contributed by atoms with Gasteiger partial charge >= 0.3 is 12.0 Å². The molecular formula is C18H13Cl2N3O3S. The topological polar surface area (TPSA) is 91.3 Å². The maximum absolute atomic E-state index is 12.1. The van der Waals surface area contributed by atoms with Crippen LogP contribution in [0.2, 0.25) is 10.0 Å². The standard InChI is InChI=1S/C18H13Cl2N3O3S/c19-12-4-3-11(6-13(12)20)15-7-14(16(27-15)17(24)25)23-18(26)22-9-10-2-1-5-21-8-10/h1-8H,9H2,(H,24,25)(H2,22,23,26). The Morgan fingerprint density at radius 2 is 1.96 bits per heavy atom. The molecule has 0 fully saturated rings. The maximum atomic E-state index is 12.1. The summed E-state index contributed by atoms with van der Waals surface area (Å²) >= 11 is 13.0. The number of amides is 2. The SMILES string of the molecule is O=C(NCc1cccnc1)Nc1cc(-c2ccc(Cl)c(Cl)c2)sc1C(=O)O. The number of aromatic nitrogens is 1. The molecule has 9 heteroatoms. The molecule has 3 aromatic rings. The van der Waals surface area contributed by atoms with Crippen molar-refractivity contribution in [3.8, 4) is 10.4 Å². The molecule has 27 heavy (non-hydrogen) atoms. The van der Waals surface area contributed by atoms with Gasteiger partial charge in [0.25, 0.3) is 0 Å². The van der Waals surface area contributed by atoms with Crippen LogP contribution in [0.3, 0.4) is 0 Å². The molecule has 0 spiro atoms. The zero-order valence-corrected chi connectivity index (χ0v) is 16.0. The monoisotopic (exact) mass is 421 g/mol. The van der Waals surface area contributed by atoms with E-state index in [1.54, 1.807) is 42.7 Å². The minimum Gasteiger partial charge on any atom is -0.477 e. The van der Waals surface area contributed by atoms with E-state index in [-0.39, 0.29) is 17.1 Å². The smallest absolute Gasteiger partial charge is 0.348 e. The first kappa shape index (κ1) is 19.2. The minimum atomic E-state index is -1.13. The molecule has 0 saturated carbocycles. The number of carboxylic acids is 1. The summed E-state index contributed by atoms with van der Waals surface area (Å²) in [5.74, 6) is -1.13. The van der Waals surface area contributed by atoms with Gasteiger partial charge in [-0.1, -0.05) is 35.3 Å². The molecule has 0 aliphatic carbocycles. The molecule has 0 atom stereocenters. The summed E-state index contributed by atoms with van der Waals surface area (Å²) in [4.78, 5) is 28.3. The number of carbonyl (C=O) groups is 2. The van der Waals surface area contributed by atoms with Gasteiger partial charge in [-0.15, -0.1) is 11.3 Å². The van der Waals surface area contributed by atoms with Gasteiger partial charge < -0.3 is 15.7 Å². The lowest BCUT2D eigenvalue weighted by atomic mass is 10.2. The molecule has 2 amide bonds. The molecule has 138 valence electrons. The number of aromatic carboxylic acids is 1. The van der Waals surface area contributed by atoms with Crippen LogP contribution in [-0.2, 0) is 6.54 Å². The summed E-state index contributed by atoms with van der Waals surface area (Å²) in [5, 5.41) is 15.4. The quantitative estimate of drug-likeness (QED) is 0.531. The highest BCUT2D eigenvalue weighted by atomic mass is 35.5. The summed E-state index contributed by atoms with van der Waals surface area (Å²) in [5.41, 5.74) is 1.74. The third-order valence-electron chi connectivity index (χ3n) is 3.55. The first-order chi connectivity index (χ1) is 12.9. The molecule has 6 nitrogen and oxygen atoms in total. The van der Waals surface area contributed by atoms with Crippen LogP contribution in [0.25, 0.3) is 10.4 Å². The fourth-order valence-corrected chi connectivity index (χ4v) is 3.53. The number of halogens is 2. The molecule has 3 N–H and O–H groups in total. The lowest BCUT2D eigenvalue weighted by molar-refractivity contribution is 0.0703. The lowest BCUT2D eigenvalue weighted by Crippen LogP contribution is -2.28. The van der Waals surface area contributed by atoms with Crippen molar-refractivity contribution in [2.75, 3.05) is 5.32 Å². The number of thiophene rings is 1. The zero-order chi connectivity index (χ0) is 19.4. The van der Waals surface area contributed by atoms with E-state index < -0.39 is 12.0 Å². The van der Waals surface area contributed by atoms with E-state index in [1.165, 1.54) is 0 Å². The average Bonchev–Trinajstić information content (AvgIpc) is 3.07. The number of carboxylic acid groups (broad SMARTS) is 1. The van der Waals surface area contributed by atoms with Gasteiger partial charge in [0, 0.05) is 23.8 Å². The molecule has 2 aromatic heterocycles. The molecule has 0 aliphatic rings. The Hall–Kier alpha value is -2.61. The van der Waals surface area contributed by atoms with Gasteiger partial charge in [0.2, 0.25) is 0 Å². The van der Waals surface area contributed by atoms with Gasteiger partial charge in [-0.25, -0.2) is 9.59 Å². The first-order valence-electron chi connectivity index (χ1n) is 7.70. The molecule has 0 radical (unpaired) electrons. The van der Waals surface area contributed by atoms with Gasteiger partial charge in [-0.3, -0.25) is 4.98 Å². The normalized spacial score (nSPS) is 10.4. The molecule has 0 saturated heterocycles. The van der Waals surface area contributed by atoms with Crippen molar-refractivity contribution in [2.24, 2.45) is 0 Å². The van der Waals surface area contributed by atoms with E-state index in [1.807, 2.05) is 6.07 Å². The molecule has 0 bridgehead atoms. The van der Waals surface area contributed by atoms with Crippen molar-refractivity contribution in [3.63, 3.8) is 0 Å². The van der Waals surface area contributed by atoms with Gasteiger partial charge in [-0.05, 0) is 35.4 Å². The lowest BCUT2D eigenvalue weighted by Gasteiger charge is -2.07. The number of nitrogens with one attached hydrogen (secondary N) is 2. The Kier molecular flexibility index (Phi) is 5.95. The number of urea groups is 1. The van der Waals surface area contributed by atoms with E-state index in [2.05, 4.69) is 15.6 Å². The van der Waals surface area contributed by atoms with Crippen molar-refractivity contribution in [2.45, 2.75) is 6.54 Å². The molecule has 0 aliphatic heterocycles. The van der Waals surface area contributed by atoms with Crippen LogP contribution < -0.4 is 10.6 Å². The second-order valence-corrected chi connectivity index (χ2v) is 7.32. The Morgan fingerprint density at radius 1 is 1.15 bits per heavy atom. The van der Waals surface area contributed by atoms with E-state index in [0.29, 0.717) is 20.5 Å². The second-order valence-electron chi connectivity index (χ2n) is 5.46. The summed E-state index contributed by atoms with van der Waals surface area (Å²) in [6.07, 6.45) is 3.27. The Bertz CT molecular complexity index is 993. The van der Waals surface area contributed by atoms with Crippen molar-refractivity contribution < 1.29 is 14.7 Å². The fraction of sp³-hybridized carbons (Fsp3) is 0.0556. The van der Waals surface area contributed by atoms with Crippen LogP contribution in [0.4, 0.5) is 10.5 Å². The average molecular weight is 422 g/mol. The van der Waals surface area contributed by atoms with E-state index in [4.69, 9.17) is 23.2 Å². The summed E-state index contributed by atoms with van der Waals surface area (Å²) in [7, 11) is 0. The third-order valence-corrected chi connectivity index (χ3v) is 5.47. The van der Waals surface area contributed by atoms with E-state index in [9.17, 15) is 14.7 Å². The molecule has 2 heterocycles. The molecule has 1 aromatic carbocycles. The Balaban J connectivity index is 1.78. The summed E-state index contributed by atoms with van der Waals surface area (Å²) in [6, 6.07) is 9.68. The maximum Gasteiger partial charge on any atom is 0.348 e. The highest BCUT2D eigenvalue weighted by Gasteiger charge is 2.18. The number of hydrogen-bond donors (Lipinski definition) is 3. The molecule has 0 unspecified atom stereocenters.